The van der Waals surface area contributed by atoms with Crippen molar-refractivity contribution >= 4 is 0 Å². The number of unbranched alkanes of at least 4 members (excludes halogenated alkanes) is 5. The van der Waals surface area contributed by atoms with E-state index >= 15 is 0 Å². The summed E-state index contributed by atoms with van der Waals surface area (Å²) in [6.45, 7) is 2.25. The number of nitrogens with zero attached hydrogens (tertiary/aromatic N) is 3. The molecule has 0 bridgehead atoms. The summed E-state index contributed by atoms with van der Waals surface area (Å²) in [7, 11) is 0. The molecule has 144 valence electrons. The largest absolute Gasteiger partial charge is 0.385 e. The van der Waals surface area contributed by atoms with E-state index in [4.69, 9.17) is 5.73 Å². The summed E-state index contributed by atoms with van der Waals surface area (Å²) in [5, 5.41) is 23.2. The Balaban J connectivity index is 1.63. The number of aryl methyl sites for hydroxylation is 2. The molecule has 0 saturated heterocycles. The number of hydrogen-bond acceptors (Lipinski definition) is 5. The van der Waals surface area contributed by atoms with Crippen molar-refractivity contribution in [2.75, 3.05) is 0 Å². The normalized spacial score (nSPS) is 13.7. The Bertz CT molecular complexity index is 585. The first-order chi connectivity index (χ1) is 12.7. The van der Waals surface area contributed by atoms with E-state index in [1.54, 1.807) is 0 Å². The molecule has 0 aliphatic heterocycles. The van der Waals surface area contributed by atoms with Gasteiger partial charge in [0.2, 0.25) is 0 Å². The fourth-order valence-electron chi connectivity index (χ4n) is 3.16. The molecule has 4 N–H and O–H groups in total. The van der Waals surface area contributed by atoms with Gasteiger partial charge in [-0.2, -0.15) is 0 Å². The van der Waals surface area contributed by atoms with Crippen LogP contribution in [-0.2, 0) is 12.8 Å². The lowest BCUT2D eigenvalue weighted by Gasteiger charge is -2.14. The van der Waals surface area contributed by atoms with Gasteiger partial charge in [-0.05, 0) is 53.7 Å². The molecule has 0 fully saturated rings. The van der Waals surface area contributed by atoms with E-state index in [1.165, 1.54) is 56.1 Å². The van der Waals surface area contributed by atoms with Crippen LogP contribution in [0.3, 0.4) is 0 Å². The van der Waals surface area contributed by atoms with Crippen molar-refractivity contribution in [3.05, 3.63) is 41.2 Å². The van der Waals surface area contributed by atoms with Gasteiger partial charge in [0.25, 0.3) is 0 Å². The molecule has 1 aromatic carbocycles. The third-order valence-corrected chi connectivity index (χ3v) is 4.85. The third kappa shape index (κ3) is 7.62. The lowest BCUT2D eigenvalue weighted by atomic mass is 9.99. The SMILES string of the molecule is CCCCCCCCc1ccc(CCC(N)CC(O)c2nnn[nH]2)cc1. The number of hydrogen-bond donors (Lipinski definition) is 3. The fraction of sp³-hybridized carbons (Fsp3) is 0.650. The standard InChI is InChI=1S/C20H33N5O/c1-2-3-4-5-6-7-8-16-9-11-17(12-10-16)13-14-18(21)15-19(26)20-22-24-25-23-20/h9-12,18-19,26H,2-8,13-15,21H2,1H3,(H,22,23,24,25). The molecule has 2 rings (SSSR count). The number of aromatic nitrogens is 4. The number of H-pyrrole nitrogens is 1. The van der Waals surface area contributed by atoms with Gasteiger partial charge < -0.3 is 10.8 Å². The second-order valence-electron chi connectivity index (χ2n) is 7.17. The average molecular weight is 360 g/mol. The molecule has 6 heteroatoms. The Morgan fingerprint density at radius 1 is 1.00 bits per heavy atom. The molecule has 26 heavy (non-hydrogen) atoms. The first-order valence-electron chi connectivity index (χ1n) is 9.94. The van der Waals surface area contributed by atoms with E-state index in [9.17, 15) is 5.11 Å². The minimum atomic E-state index is -0.736. The van der Waals surface area contributed by atoms with Crippen LogP contribution in [0, 0.1) is 0 Å². The van der Waals surface area contributed by atoms with E-state index in [0.29, 0.717) is 12.2 Å². The maximum absolute atomic E-state index is 10.0. The van der Waals surface area contributed by atoms with Gasteiger partial charge in [0.15, 0.2) is 5.82 Å². The van der Waals surface area contributed by atoms with Crippen LogP contribution in [0.25, 0.3) is 0 Å². The number of benzene rings is 1. The van der Waals surface area contributed by atoms with Crippen LogP contribution in [0.5, 0.6) is 0 Å². The van der Waals surface area contributed by atoms with Crippen molar-refractivity contribution < 1.29 is 5.11 Å². The van der Waals surface area contributed by atoms with Crippen molar-refractivity contribution in [2.24, 2.45) is 5.73 Å². The van der Waals surface area contributed by atoms with Gasteiger partial charge in [0, 0.05) is 6.04 Å². The average Bonchev–Trinajstić information content (AvgIpc) is 3.19. The molecule has 0 aliphatic carbocycles. The Morgan fingerprint density at radius 3 is 2.31 bits per heavy atom. The van der Waals surface area contributed by atoms with Crippen molar-refractivity contribution in [2.45, 2.75) is 83.3 Å². The smallest absolute Gasteiger partial charge is 0.177 e. The minimum Gasteiger partial charge on any atom is -0.385 e. The van der Waals surface area contributed by atoms with Crippen molar-refractivity contribution in [3.63, 3.8) is 0 Å². The van der Waals surface area contributed by atoms with Crippen molar-refractivity contribution in [1.82, 2.24) is 20.6 Å². The van der Waals surface area contributed by atoms with Gasteiger partial charge in [0.1, 0.15) is 6.10 Å². The van der Waals surface area contributed by atoms with E-state index in [0.717, 1.165) is 12.8 Å². The third-order valence-electron chi connectivity index (χ3n) is 4.85. The lowest BCUT2D eigenvalue weighted by molar-refractivity contribution is 0.147. The van der Waals surface area contributed by atoms with Gasteiger partial charge in [-0.25, -0.2) is 5.10 Å². The molecule has 0 radical (unpaired) electrons. The van der Waals surface area contributed by atoms with Crippen molar-refractivity contribution in [1.29, 1.82) is 0 Å². The topological polar surface area (TPSA) is 101 Å². The summed E-state index contributed by atoms with van der Waals surface area (Å²) in [4.78, 5) is 0. The van der Waals surface area contributed by atoms with Crippen molar-refractivity contribution in [3.8, 4) is 0 Å². The number of nitrogens with two attached hydrogens (primary N) is 1. The molecule has 0 spiro atoms. The maximum atomic E-state index is 10.0. The predicted molar refractivity (Wildman–Crippen MR) is 104 cm³/mol. The molecule has 6 nitrogen and oxygen atoms in total. The lowest BCUT2D eigenvalue weighted by Crippen LogP contribution is -2.24. The molecule has 0 amide bonds. The summed E-state index contributed by atoms with van der Waals surface area (Å²) in [5.74, 6) is 0.375. The number of aliphatic hydroxyl groups excluding tert-OH is 1. The van der Waals surface area contributed by atoms with Crippen LogP contribution in [0.4, 0.5) is 0 Å². The number of aliphatic hydroxyl groups is 1. The Labute approximate surface area is 156 Å². The second kappa shape index (κ2) is 11.8. The predicted octanol–water partition coefficient (Wildman–Crippen LogP) is 3.49. The second-order valence-corrected chi connectivity index (χ2v) is 7.17. The number of rotatable bonds is 13. The number of aromatic amines is 1. The quantitative estimate of drug-likeness (QED) is 0.475. The van der Waals surface area contributed by atoms with Crippen LogP contribution < -0.4 is 5.73 Å². The molecule has 1 aromatic heterocycles. The summed E-state index contributed by atoms with van der Waals surface area (Å²) >= 11 is 0. The zero-order valence-corrected chi connectivity index (χ0v) is 15.9. The van der Waals surface area contributed by atoms with Gasteiger partial charge in [0.05, 0.1) is 0 Å². The van der Waals surface area contributed by atoms with Gasteiger partial charge in [-0.1, -0.05) is 63.3 Å². The first kappa shape index (κ1) is 20.5. The van der Waals surface area contributed by atoms with Crippen LogP contribution in [0.2, 0.25) is 0 Å². The summed E-state index contributed by atoms with van der Waals surface area (Å²) in [5.41, 5.74) is 8.84. The van der Waals surface area contributed by atoms with E-state index < -0.39 is 6.10 Å². The fourth-order valence-corrected chi connectivity index (χ4v) is 3.16. The maximum Gasteiger partial charge on any atom is 0.177 e. The van der Waals surface area contributed by atoms with Gasteiger partial charge in [-0.15, -0.1) is 5.10 Å². The molecule has 1 heterocycles. The van der Waals surface area contributed by atoms with Crippen LogP contribution in [-0.4, -0.2) is 31.8 Å². The first-order valence-corrected chi connectivity index (χ1v) is 9.94. The number of nitrogens with one attached hydrogen (secondary N) is 1. The summed E-state index contributed by atoms with van der Waals surface area (Å²) in [6, 6.07) is 8.80. The summed E-state index contributed by atoms with van der Waals surface area (Å²) < 4.78 is 0. The molecule has 2 atom stereocenters. The van der Waals surface area contributed by atoms with E-state index in [1.807, 2.05) is 0 Å². The molecule has 0 aliphatic rings. The van der Waals surface area contributed by atoms with Crippen LogP contribution in [0.1, 0.15) is 81.3 Å². The van der Waals surface area contributed by atoms with Gasteiger partial charge >= 0.3 is 0 Å². The summed E-state index contributed by atoms with van der Waals surface area (Å²) in [6.07, 6.45) is 10.6. The zero-order valence-electron chi connectivity index (χ0n) is 15.9. The Morgan fingerprint density at radius 2 is 1.65 bits per heavy atom. The number of tetrazole rings is 1. The van der Waals surface area contributed by atoms with E-state index in [-0.39, 0.29) is 6.04 Å². The monoisotopic (exact) mass is 359 g/mol. The molecule has 2 aromatic rings. The Kier molecular flexibility index (Phi) is 9.28. The highest BCUT2D eigenvalue weighted by atomic mass is 16.3. The molecule has 2 unspecified atom stereocenters. The molecule has 0 saturated carbocycles. The highest BCUT2D eigenvalue weighted by Crippen LogP contribution is 2.16. The van der Waals surface area contributed by atoms with Crippen LogP contribution in [0.15, 0.2) is 24.3 Å². The van der Waals surface area contributed by atoms with E-state index in [2.05, 4.69) is 51.8 Å². The highest BCUT2D eigenvalue weighted by molar-refractivity contribution is 5.22. The Hall–Kier alpha value is -1.79. The zero-order chi connectivity index (χ0) is 18.6. The highest BCUT2D eigenvalue weighted by Gasteiger charge is 2.15. The molecular weight excluding hydrogens is 326 g/mol. The van der Waals surface area contributed by atoms with Crippen LogP contribution >= 0.6 is 0 Å². The molecular formula is C20H33N5O. The van der Waals surface area contributed by atoms with Gasteiger partial charge in [-0.3, -0.25) is 0 Å². The minimum absolute atomic E-state index is 0.0853.